The van der Waals surface area contributed by atoms with Gasteiger partial charge in [0.1, 0.15) is 104 Å². The summed E-state index contributed by atoms with van der Waals surface area (Å²) in [5.74, 6) is -4.74. The Labute approximate surface area is 480 Å². The SMILES string of the molecule is O=C(O)[C@@H]1O[C@H](O[C@@H]2[C@H](O)[C@@H](NS(=O)(=O)O)[C@H](O[C@H]3C(O)[C@@H](OS(=O)(=O)O)[C@H](O[C@H]4[C@@H](O)[C@H](NS(=O)(=O)O)[C@@H](O)O[C@@H]4COS(=O)(=O)O)O[C@H]3C(=O)O)O[C@H]2COS(=O)(=O)O)[C@H](O)[C@@H](O)[C@H]1O[C@@H]1O[C@@H](COS(=O)(=O)O)[C@H](O)[C@H](O)[C@H]1NS(=O)(=O)O. The highest BCUT2D eigenvalue weighted by Gasteiger charge is 2.60. The highest BCUT2D eigenvalue weighted by Crippen LogP contribution is 2.37. The summed E-state index contributed by atoms with van der Waals surface area (Å²) in [5, 5.41) is 109. The second-order valence-corrected chi connectivity index (χ2v) is 25.9. The van der Waals surface area contributed by atoms with Crippen LogP contribution in [0.5, 0.6) is 0 Å². The minimum Gasteiger partial charge on any atom is -0.479 e. The van der Waals surface area contributed by atoms with Crippen LogP contribution in [-0.4, -0.2) is 327 Å². The second kappa shape index (κ2) is 28.1. The number of carboxylic acid groups (broad SMARTS) is 2. The molecule has 25 atom stereocenters. The van der Waals surface area contributed by atoms with Gasteiger partial charge >= 0.3 is 84.4 Å². The van der Waals surface area contributed by atoms with Gasteiger partial charge in [-0.3, -0.25) is 31.9 Å². The van der Waals surface area contributed by atoms with Crippen LogP contribution >= 0.6 is 0 Å². The zero-order valence-corrected chi connectivity index (χ0v) is 47.1. The summed E-state index contributed by atoms with van der Waals surface area (Å²) in [5.41, 5.74) is 0. The van der Waals surface area contributed by atoms with E-state index in [0.29, 0.717) is 0 Å². The van der Waals surface area contributed by atoms with Gasteiger partial charge in [-0.2, -0.15) is 73.1 Å². The van der Waals surface area contributed by atoms with Crippen LogP contribution in [-0.2, 0) is 141 Å². The van der Waals surface area contributed by atoms with Crippen molar-refractivity contribution in [3.63, 3.8) is 0 Å². The summed E-state index contributed by atoms with van der Waals surface area (Å²) in [6.07, 6.45) is -61.5. The van der Waals surface area contributed by atoms with Gasteiger partial charge in [-0.25, -0.2) is 26.3 Å². The molecule has 504 valence electrons. The smallest absolute Gasteiger partial charge is 0.397 e. The molecule has 56 heteroatoms. The number of aliphatic hydroxyl groups excluding tert-OH is 8. The Morgan fingerprint density at radius 3 is 1.12 bits per heavy atom. The minimum absolute atomic E-state index is 1.22. The van der Waals surface area contributed by atoms with Gasteiger partial charge in [0, 0.05) is 0 Å². The molecule has 0 aromatic heterocycles. The number of aliphatic hydroxyl groups is 8. The molecule has 86 heavy (non-hydrogen) atoms. The van der Waals surface area contributed by atoms with E-state index in [9.17, 15) is 142 Å². The third-order valence-corrected chi connectivity index (χ3v) is 15.5. The molecule has 0 aromatic carbocycles. The number of nitrogens with one attached hydrogen (secondary N) is 3. The van der Waals surface area contributed by atoms with Crippen molar-refractivity contribution in [3.8, 4) is 0 Å². The van der Waals surface area contributed by atoms with E-state index >= 15 is 0 Å². The minimum atomic E-state index is -6.08. The van der Waals surface area contributed by atoms with Crippen molar-refractivity contribution in [1.29, 1.82) is 0 Å². The molecule has 5 aliphatic rings. The highest BCUT2D eigenvalue weighted by molar-refractivity contribution is 7.84. The molecule has 5 aliphatic heterocycles. The van der Waals surface area contributed by atoms with E-state index in [1.165, 1.54) is 14.2 Å². The zero-order chi connectivity index (χ0) is 65.5. The van der Waals surface area contributed by atoms with E-state index < -0.39 is 258 Å². The number of hydrogen-bond donors (Lipinski definition) is 20. The third-order valence-electron chi connectivity index (χ3n) is 12.0. The first-order valence-electron chi connectivity index (χ1n) is 22.5. The lowest BCUT2D eigenvalue weighted by Gasteiger charge is -2.50. The lowest BCUT2D eigenvalue weighted by Crippen LogP contribution is -2.71. The number of aliphatic carboxylic acids is 2. The molecule has 0 radical (unpaired) electrons. The van der Waals surface area contributed by atoms with Gasteiger partial charge in [-0.1, -0.05) is 0 Å². The van der Waals surface area contributed by atoms with Gasteiger partial charge in [0.2, 0.25) is 0 Å². The predicted octanol–water partition coefficient (Wildman–Crippen LogP) is -14.2. The Hall–Kier alpha value is -2.65. The molecule has 1 unspecified atom stereocenters. The van der Waals surface area contributed by atoms with Crippen molar-refractivity contribution in [1.82, 2.24) is 14.2 Å². The molecule has 20 N–H and O–H groups in total. The molecule has 0 amide bonds. The number of carboxylic acids is 2. The lowest BCUT2D eigenvalue weighted by atomic mass is 9.94. The Balaban J connectivity index is 1.51. The van der Waals surface area contributed by atoms with Crippen LogP contribution in [0.15, 0.2) is 0 Å². The van der Waals surface area contributed by atoms with Crippen LogP contribution in [0.3, 0.4) is 0 Å². The van der Waals surface area contributed by atoms with Crippen molar-refractivity contribution in [3.05, 3.63) is 0 Å². The fourth-order valence-electron chi connectivity index (χ4n) is 8.56. The molecular weight excluding hydrogens is 1360 g/mol. The van der Waals surface area contributed by atoms with Crippen molar-refractivity contribution < 1.29 is 211 Å². The molecule has 0 spiro atoms. The average molecular weight is 1410 g/mol. The van der Waals surface area contributed by atoms with Crippen LogP contribution in [0.4, 0.5) is 0 Å². The summed E-state index contributed by atoms with van der Waals surface area (Å²) in [6, 6.07) is -7.96. The molecule has 0 bridgehead atoms. The Morgan fingerprint density at radius 1 is 0.349 bits per heavy atom. The van der Waals surface area contributed by atoms with Crippen LogP contribution < -0.4 is 14.2 Å². The van der Waals surface area contributed by atoms with Crippen LogP contribution in [0, 0.1) is 0 Å². The van der Waals surface area contributed by atoms with Gasteiger partial charge in [-0.15, -0.1) is 0 Å². The normalized spacial score (nSPS) is 40.0. The summed E-state index contributed by atoms with van der Waals surface area (Å²) in [6.45, 7) is -4.86. The number of carbonyl (C=O) groups is 2. The zero-order valence-electron chi connectivity index (χ0n) is 41.4. The van der Waals surface area contributed by atoms with Gasteiger partial charge in [0.25, 0.3) is 0 Å². The first-order valence-corrected chi connectivity index (χ1v) is 32.3. The van der Waals surface area contributed by atoms with Crippen molar-refractivity contribution in [2.75, 3.05) is 19.8 Å². The molecule has 0 aliphatic carbocycles. The summed E-state index contributed by atoms with van der Waals surface area (Å²) >= 11 is 0. The largest absolute Gasteiger partial charge is 0.479 e. The summed E-state index contributed by atoms with van der Waals surface area (Å²) in [4.78, 5) is 25.5. The monoisotopic (exact) mass is 1410 g/mol. The molecule has 0 aromatic rings. The standard InChI is InChI=1S/C30H51N3O46S7/c34-10-4(1-67-83(55,56)57)71-27(8(11(10)35)32-81(49,50)51)75-19-14(38)15(39)29(77-22(19)24(41)42)73-18-6(3-69-85(61,62)63)72-28(9(13(18)37)33-82(52,53)54)76-20-16(40)21(79-86(64,65)66)30(78-23(20)25(43)44)74-17-5(2-68-84(58,59)60)70-26(45)7(12(17)36)31-80(46,47)48/h4-23,26-40,45H,1-3H2,(H,41,42)(H,43,44)(H,46,47,48)(H,49,50,51)(H,52,53,54)(H,55,56,57)(H,58,59,60)(H,61,62,63)(H,64,65,66)/t4-,5+,6-,7-,8+,9+,10-,11+,12-,13+,14+,15+,16?,17+,18-,19+,20-,21+,22+,23+,26-,27-,28-,29-,30+/m0/s1. The van der Waals surface area contributed by atoms with Crippen LogP contribution in [0.1, 0.15) is 0 Å². The quantitative estimate of drug-likeness (QED) is 0.0340. The van der Waals surface area contributed by atoms with Gasteiger partial charge in [0.15, 0.2) is 49.8 Å². The summed E-state index contributed by atoms with van der Waals surface area (Å²) in [7, 11) is -39.7. The number of rotatable bonds is 27. The van der Waals surface area contributed by atoms with Crippen molar-refractivity contribution in [2.24, 2.45) is 0 Å². The first kappa shape index (κ1) is 74.1. The van der Waals surface area contributed by atoms with Gasteiger partial charge in [-0.05, 0) is 0 Å². The Kier molecular flexibility index (Phi) is 24.2. The number of hydrogen-bond acceptors (Lipinski definition) is 37. The van der Waals surface area contributed by atoms with Crippen molar-refractivity contribution >= 4 is 84.4 Å². The van der Waals surface area contributed by atoms with E-state index in [-0.39, 0.29) is 0 Å². The average Bonchev–Trinajstić information content (AvgIpc) is 0.845. The van der Waals surface area contributed by atoms with Crippen molar-refractivity contribution in [2.45, 2.75) is 153 Å². The lowest BCUT2D eigenvalue weighted by molar-refractivity contribution is -0.374. The fraction of sp³-hybridized carbons (Fsp3) is 0.933. The Morgan fingerprint density at radius 2 is 0.698 bits per heavy atom. The summed E-state index contributed by atoms with van der Waals surface area (Å²) < 4.78 is 299. The topological polar surface area (TPSA) is 773 Å². The van der Waals surface area contributed by atoms with E-state index in [1.54, 1.807) is 0 Å². The van der Waals surface area contributed by atoms with Crippen LogP contribution in [0.2, 0.25) is 0 Å². The maximum absolute atomic E-state index is 12.8. The highest BCUT2D eigenvalue weighted by atomic mass is 32.3. The molecule has 5 heterocycles. The fourth-order valence-corrected chi connectivity index (χ4v) is 11.8. The van der Waals surface area contributed by atoms with Crippen LogP contribution in [0.25, 0.3) is 0 Å². The molecular formula is C30H51N3O46S7. The van der Waals surface area contributed by atoms with E-state index in [0.717, 1.165) is 0 Å². The second-order valence-electron chi connectivity index (χ2n) is 18.0. The van der Waals surface area contributed by atoms with Gasteiger partial charge < -0.3 is 93.7 Å². The van der Waals surface area contributed by atoms with E-state index in [4.69, 9.17) is 51.7 Å². The Bertz CT molecular complexity index is 3190. The molecule has 5 rings (SSSR count). The third kappa shape index (κ3) is 20.7. The molecule has 5 fully saturated rings. The van der Waals surface area contributed by atoms with Gasteiger partial charge in [0.05, 0.1) is 19.8 Å². The first-order chi connectivity index (χ1) is 38.9. The van der Waals surface area contributed by atoms with E-state index in [1.807, 2.05) is 0 Å². The molecule has 0 saturated carbocycles. The molecule has 49 nitrogen and oxygen atoms in total. The predicted molar refractivity (Wildman–Crippen MR) is 247 cm³/mol. The molecule has 5 saturated heterocycles. The maximum atomic E-state index is 12.8. The van der Waals surface area contributed by atoms with E-state index in [2.05, 4.69) is 16.7 Å². The number of ether oxygens (including phenoxy) is 9. The maximum Gasteiger partial charge on any atom is 0.397 e.